The summed E-state index contributed by atoms with van der Waals surface area (Å²) >= 11 is 0. The minimum Gasteiger partial charge on any atom is -0.383 e. The zero-order valence-electron chi connectivity index (χ0n) is 10.3. The molecule has 0 spiro atoms. The zero-order chi connectivity index (χ0) is 15.3. The first-order chi connectivity index (χ1) is 9.31. The number of nitro groups is 1. The molecule has 0 saturated heterocycles. The number of alkyl halides is 3. The second-order valence-corrected chi connectivity index (χ2v) is 3.70. The highest BCUT2D eigenvalue weighted by atomic mass is 19.4. The summed E-state index contributed by atoms with van der Waals surface area (Å²) in [5, 5.41) is 22.3. The van der Waals surface area contributed by atoms with Crippen LogP contribution in [0.3, 0.4) is 0 Å². The summed E-state index contributed by atoms with van der Waals surface area (Å²) in [6.07, 6.45) is -4.76. The average molecular weight is 289 g/mol. The Labute approximate surface area is 111 Å². The molecule has 108 valence electrons. The SMILES string of the molecule is COCCNc1c(C#N)cc(C(F)(F)F)cc1[N+](=O)[O-]. The summed E-state index contributed by atoms with van der Waals surface area (Å²) in [5.41, 5.74) is -2.73. The van der Waals surface area contributed by atoms with Gasteiger partial charge in [-0.15, -0.1) is 0 Å². The maximum atomic E-state index is 12.6. The third-order valence-electron chi connectivity index (χ3n) is 2.37. The summed E-state index contributed by atoms with van der Waals surface area (Å²) in [7, 11) is 1.40. The van der Waals surface area contributed by atoms with Crippen molar-refractivity contribution in [1.82, 2.24) is 0 Å². The molecule has 0 saturated carbocycles. The molecular formula is C11H10F3N3O3. The second kappa shape index (κ2) is 6.21. The van der Waals surface area contributed by atoms with Gasteiger partial charge in [0.05, 0.1) is 22.7 Å². The number of ether oxygens (including phenoxy) is 1. The number of nitro benzene ring substituents is 1. The van der Waals surface area contributed by atoms with E-state index >= 15 is 0 Å². The van der Waals surface area contributed by atoms with Crippen LogP contribution in [0.2, 0.25) is 0 Å². The molecule has 0 radical (unpaired) electrons. The number of rotatable bonds is 5. The number of halogens is 3. The number of benzene rings is 1. The highest BCUT2D eigenvalue weighted by Crippen LogP contribution is 2.37. The molecule has 20 heavy (non-hydrogen) atoms. The van der Waals surface area contributed by atoms with Crippen LogP contribution in [0, 0.1) is 21.4 Å². The first kappa shape index (κ1) is 15.7. The Bertz CT molecular complexity index is 552. The molecule has 0 unspecified atom stereocenters. The Hall–Kier alpha value is -2.34. The number of nitrogens with zero attached hydrogens (tertiary/aromatic N) is 2. The molecule has 1 rings (SSSR count). The highest BCUT2D eigenvalue weighted by Gasteiger charge is 2.34. The van der Waals surface area contributed by atoms with E-state index in [2.05, 4.69) is 5.32 Å². The van der Waals surface area contributed by atoms with Crippen molar-refractivity contribution in [3.05, 3.63) is 33.4 Å². The Kier molecular flexibility index (Phi) is 4.88. The lowest BCUT2D eigenvalue weighted by Crippen LogP contribution is -2.13. The monoisotopic (exact) mass is 289 g/mol. The van der Waals surface area contributed by atoms with Gasteiger partial charge in [-0.1, -0.05) is 0 Å². The van der Waals surface area contributed by atoms with Crippen LogP contribution >= 0.6 is 0 Å². The quantitative estimate of drug-likeness (QED) is 0.511. The lowest BCUT2D eigenvalue weighted by atomic mass is 10.1. The van der Waals surface area contributed by atoms with Crippen molar-refractivity contribution in [2.75, 3.05) is 25.6 Å². The van der Waals surface area contributed by atoms with Gasteiger partial charge in [0.25, 0.3) is 5.69 Å². The first-order valence-corrected chi connectivity index (χ1v) is 5.33. The minimum absolute atomic E-state index is 0.122. The fourth-order valence-corrected chi connectivity index (χ4v) is 1.49. The van der Waals surface area contributed by atoms with Gasteiger partial charge in [0.2, 0.25) is 0 Å². The van der Waals surface area contributed by atoms with E-state index in [1.165, 1.54) is 13.2 Å². The molecule has 9 heteroatoms. The molecule has 1 N–H and O–H groups in total. The van der Waals surface area contributed by atoms with Crippen molar-refractivity contribution in [1.29, 1.82) is 5.26 Å². The van der Waals surface area contributed by atoms with Crippen molar-refractivity contribution in [2.24, 2.45) is 0 Å². The summed E-state index contributed by atoms with van der Waals surface area (Å²) in [5.74, 6) is 0. The van der Waals surface area contributed by atoms with Gasteiger partial charge in [-0.05, 0) is 6.07 Å². The number of nitriles is 1. The lowest BCUT2D eigenvalue weighted by Gasteiger charge is -2.12. The smallest absolute Gasteiger partial charge is 0.383 e. The summed E-state index contributed by atoms with van der Waals surface area (Å²) in [6.45, 7) is 0.306. The minimum atomic E-state index is -4.76. The normalized spacial score (nSPS) is 10.9. The molecule has 0 bridgehead atoms. The van der Waals surface area contributed by atoms with Crippen LogP contribution in [0.5, 0.6) is 0 Å². The predicted molar refractivity (Wildman–Crippen MR) is 63.2 cm³/mol. The van der Waals surface area contributed by atoms with Crippen molar-refractivity contribution < 1.29 is 22.8 Å². The van der Waals surface area contributed by atoms with E-state index in [1.807, 2.05) is 0 Å². The molecule has 0 aliphatic carbocycles. The van der Waals surface area contributed by atoms with E-state index in [9.17, 15) is 23.3 Å². The van der Waals surface area contributed by atoms with E-state index in [-0.39, 0.29) is 18.8 Å². The van der Waals surface area contributed by atoms with Crippen molar-refractivity contribution in [2.45, 2.75) is 6.18 Å². The van der Waals surface area contributed by atoms with E-state index in [0.29, 0.717) is 12.1 Å². The molecule has 0 aliphatic rings. The Balaban J connectivity index is 3.34. The topological polar surface area (TPSA) is 88.2 Å². The van der Waals surface area contributed by atoms with Gasteiger partial charge >= 0.3 is 6.18 Å². The number of hydrogen-bond donors (Lipinski definition) is 1. The molecular weight excluding hydrogens is 279 g/mol. The maximum absolute atomic E-state index is 12.6. The molecule has 0 aromatic heterocycles. The van der Waals surface area contributed by atoms with Crippen LogP contribution in [-0.2, 0) is 10.9 Å². The Morgan fingerprint density at radius 3 is 2.60 bits per heavy atom. The molecule has 0 heterocycles. The maximum Gasteiger partial charge on any atom is 0.416 e. The number of hydrogen-bond acceptors (Lipinski definition) is 5. The number of anilines is 1. The standard InChI is InChI=1S/C11H10F3N3O3/c1-20-3-2-16-10-7(6-15)4-8(11(12,13)14)5-9(10)17(18)19/h4-5,16H,2-3H2,1H3. The van der Waals surface area contributed by atoms with Gasteiger partial charge < -0.3 is 10.1 Å². The van der Waals surface area contributed by atoms with Crippen LogP contribution in [-0.4, -0.2) is 25.2 Å². The summed E-state index contributed by atoms with van der Waals surface area (Å²) < 4.78 is 42.6. The average Bonchev–Trinajstić information content (AvgIpc) is 2.37. The summed E-state index contributed by atoms with van der Waals surface area (Å²) in [6, 6.07) is 2.49. The molecule has 6 nitrogen and oxygen atoms in total. The third-order valence-corrected chi connectivity index (χ3v) is 2.37. The fourth-order valence-electron chi connectivity index (χ4n) is 1.49. The van der Waals surface area contributed by atoms with Crippen LogP contribution in [0.1, 0.15) is 11.1 Å². The van der Waals surface area contributed by atoms with Crippen LogP contribution < -0.4 is 5.32 Å². The Morgan fingerprint density at radius 1 is 1.50 bits per heavy atom. The number of methoxy groups -OCH3 is 1. The van der Waals surface area contributed by atoms with Gasteiger partial charge in [0.1, 0.15) is 11.8 Å². The fraction of sp³-hybridized carbons (Fsp3) is 0.364. The van der Waals surface area contributed by atoms with Gasteiger partial charge in [-0.25, -0.2) is 0 Å². The summed E-state index contributed by atoms with van der Waals surface area (Å²) in [4.78, 5) is 9.89. The van der Waals surface area contributed by atoms with Gasteiger partial charge in [-0.3, -0.25) is 10.1 Å². The third kappa shape index (κ3) is 3.58. The van der Waals surface area contributed by atoms with E-state index in [4.69, 9.17) is 10.00 Å². The van der Waals surface area contributed by atoms with Crippen molar-refractivity contribution >= 4 is 11.4 Å². The largest absolute Gasteiger partial charge is 0.416 e. The number of nitrogens with one attached hydrogen (secondary N) is 1. The van der Waals surface area contributed by atoms with Crippen molar-refractivity contribution in [3.8, 4) is 6.07 Å². The lowest BCUT2D eigenvalue weighted by molar-refractivity contribution is -0.384. The van der Waals surface area contributed by atoms with Crippen LogP contribution in [0.4, 0.5) is 24.5 Å². The molecule has 1 aromatic rings. The van der Waals surface area contributed by atoms with Crippen LogP contribution in [0.25, 0.3) is 0 Å². The molecule has 1 aromatic carbocycles. The van der Waals surface area contributed by atoms with E-state index in [0.717, 1.165) is 0 Å². The van der Waals surface area contributed by atoms with E-state index < -0.39 is 27.9 Å². The molecule has 0 amide bonds. The Morgan fingerprint density at radius 2 is 2.15 bits per heavy atom. The zero-order valence-corrected chi connectivity index (χ0v) is 10.3. The first-order valence-electron chi connectivity index (χ1n) is 5.33. The molecule has 0 fully saturated rings. The van der Waals surface area contributed by atoms with Crippen LogP contribution in [0.15, 0.2) is 12.1 Å². The second-order valence-electron chi connectivity index (χ2n) is 3.70. The predicted octanol–water partition coefficient (Wildman–Crippen LogP) is 2.54. The molecule has 0 atom stereocenters. The van der Waals surface area contributed by atoms with Crippen molar-refractivity contribution in [3.63, 3.8) is 0 Å². The van der Waals surface area contributed by atoms with Gasteiger partial charge in [0.15, 0.2) is 0 Å². The van der Waals surface area contributed by atoms with Gasteiger partial charge in [0, 0.05) is 19.7 Å². The van der Waals surface area contributed by atoms with E-state index in [1.54, 1.807) is 0 Å². The van der Waals surface area contributed by atoms with Gasteiger partial charge in [-0.2, -0.15) is 18.4 Å². The molecule has 0 aliphatic heterocycles. The highest BCUT2D eigenvalue weighted by molar-refractivity contribution is 5.71.